The van der Waals surface area contributed by atoms with Crippen LogP contribution in [0.5, 0.6) is 0 Å². The maximum Gasteiger partial charge on any atom is 0.305 e. The van der Waals surface area contributed by atoms with Crippen molar-refractivity contribution >= 4 is 17.8 Å². The number of carbonyl (C=O) groups excluding carboxylic acids is 1. The van der Waals surface area contributed by atoms with Crippen LogP contribution in [0.15, 0.2) is 0 Å². The summed E-state index contributed by atoms with van der Waals surface area (Å²) in [5.74, 6) is -1.58. The molecule has 0 spiro atoms. The average Bonchev–Trinajstić information content (AvgIpc) is 2.51. The average molecular weight is 199 g/mol. The maximum absolute atomic E-state index is 11.1. The van der Waals surface area contributed by atoms with Crippen LogP contribution in [0.3, 0.4) is 0 Å². The van der Waals surface area contributed by atoms with E-state index in [1.54, 1.807) is 0 Å². The zero-order valence-electron chi connectivity index (χ0n) is 7.15. The summed E-state index contributed by atoms with van der Waals surface area (Å²) in [6.45, 7) is 0.0365. The van der Waals surface area contributed by atoms with Crippen LogP contribution < -0.4 is 11.1 Å². The summed E-state index contributed by atoms with van der Waals surface area (Å²) < 4.78 is 0. The quantitative estimate of drug-likeness (QED) is 0.470. The number of hydrogen-bond acceptors (Lipinski definition) is 5. The summed E-state index contributed by atoms with van der Waals surface area (Å²) in [5, 5.41) is 16.4. The first kappa shape index (κ1) is 9.96. The predicted molar refractivity (Wildman–Crippen MR) is 45.4 cm³/mol. The second-order valence-corrected chi connectivity index (χ2v) is 2.44. The van der Waals surface area contributed by atoms with E-state index < -0.39 is 11.9 Å². The predicted octanol–water partition coefficient (Wildman–Crippen LogP) is -1.41. The van der Waals surface area contributed by atoms with Crippen LogP contribution in [0.25, 0.3) is 0 Å². The Hall–Kier alpha value is -2.12. The van der Waals surface area contributed by atoms with Gasteiger partial charge in [-0.3, -0.25) is 14.7 Å². The lowest BCUT2D eigenvalue weighted by Crippen LogP contribution is -2.27. The fourth-order valence-electron chi connectivity index (χ4n) is 0.743. The fourth-order valence-corrected chi connectivity index (χ4v) is 0.743. The molecule has 76 valence electrons. The monoisotopic (exact) mass is 199 g/mol. The third kappa shape index (κ3) is 2.73. The molecule has 0 aliphatic carbocycles. The number of carbonyl (C=O) groups is 2. The number of aromatic amines is 1. The van der Waals surface area contributed by atoms with E-state index in [1.807, 2.05) is 0 Å². The van der Waals surface area contributed by atoms with Gasteiger partial charge in [0.15, 0.2) is 0 Å². The Morgan fingerprint density at radius 1 is 1.57 bits per heavy atom. The third-order valence-electron chi connectivity index (χ3n) is 1.34. The molecule has 0 saturated heterocycles. The van der Waals surface area contributed by atoms with Gasteiger partial charge in [0.25, 0.3) is 5.91 Å². The summed E-state index contributed by atoms with van der Waals surface area (Å²) in [6.07, 6.45) is -0.143. The lowest BCUT2D eigenvalue weighted by molar-refractivity contribution is -0.136. The molecule has 0 saturated carbocycles. The molecule has 0 bridgehead atoms. The van der Waals surface area contributed by atoms with Crippen molar-refractivity contribution in [3.8, 4) is 0 Å². The first-order valence-corrected chi connectivity index (χ1v) is 3.77. The van der Waals surface area contributed by atoms with Crippen molar-refractivity contribution in [2.75, 3.05) is 12.3 Å². The van der Waals surface area contributed by atoms with Gasteiger partial charge >= 0.3 is 5.97 Å². The Morgan fingerprint density at radius 3 is 2.79 bits per heavy atom. The van der Waals surface area contributed by atoms with Crippen molar-refractivity contribution < 1.29 is 14.7 Å². The molecule has 0 aliphatic heterocycles. The van der Waals surface area contributed by atoms with Gasteiger partial charge in [0.2, 0.25) is 11.8 Å². The molecular weight excluding hydrogens is 190 g/mol. The number of hydrogen-bond donors (Lipinski definition) is 4. The van der Waals surface area contributed by atoms with E-state index >= 15 is 0 Å². The van der Waals surface area contributed by atoms with Crippen molar-refractivity contribution in [3.63, 3.8) is 0 Å². The number of aromatic nitrogens is 3. The molecular formula is C6H9N5O3. The van der Waals surface area contributed by atoms with Gasteiger partial charge < -0.3 is 16.2 Å². The van der Waals surface area contributed by atoms with Gasteiger partial charge in [-0.15, -0.1) is 5.10 Å². The number of carboxylic acids is 1. The summed E-state index contributed by atoms with van der Waals surface area (Å²) >= 11 is 0. The molecule has 5 N–H and O–H groups in total. The lowest BCUT2D eigenvalue weighted by atomic mass is 10.4. The highest BCUT2D eigenvalue weighted by Gasteiger charge is 2.09. The number of carboxylic acid groups (broad SMARTS) is 1. The third-order valence-corrected chi connectivity index (χ3v) is 1.34. The van der Waals surface area contributed by atoms with Crippen molar-refractivity contribution in [1.82, 2.24) is 20.5 Å². The molecule has 1 aromatic rings. The van der Waals surface area contributed by atoms with E-state index in [-0.39, 0.29) is 24.7 Å². The number of anilines is 1. The van der Waals surface area contributed by atoms with E-state index in [9.17, 15) is 9.59 Å². The van der Waals surface area contributed by atoms with Crippen molar-refractivity contribution in [2.45, 2.75) is 6.42 Å². The van der Waals surface area contributed by atoms with E-state index in [4.69, 9.17) is 10.8 Å². The Bertz CT molecular complexity index is 347. The van der Waals surface area contributed by atoms with Gasteiger partial charge in [0.05, 0.1) is 6.42 Å². The number of H-pyrrole nitrogens is 1. The fraction of sp³-hybridized carbons (Fsp3) is 0.333. The Labute approximate surface area is 78.5 Å². The Kier molecular flexibility index (Phi) is 3.00. The summed E-state index contributed by atoms with van der Waals surface area (Å²) in [5.41, 5.74) is 5.17. The molecule has 1 heterocycles. The van der Waals surface area contributed by atoms with Gasteiger partial charge in [-0.1, -0.05) is 0 Å². The molecule has 0 unspecified atom stereocenters. The smallest absolute Gasteiger partial charge is 0.305 e. The summed E-state index contributed by atoms with van der Waals surface area (Å²) in [7, 11) is 0. The van der Waals surface area contributed by atoms with Crippen LogP contribution in [-0.4, -0.2) is 38.7 Å². The minimum Gasteiger partial charge on any atom is -0.481 e. The normalized spacial score (nSPS) is 9.71. The largest absolute Gasteiger partial charge is 0.481 e. The van der Waals surface area contributed by atoms with Gasteiger partial charge in [-0.25, -0.2) is 0 Å². The molecule has 8 nitrogen and oxygen atoms in total. The number of amides is 1. The highest BCUT2D eigenvalue weighted by atomic mass is 16.4. The summed E-state index contributed by atoms with van der Waals surface area (Å²) in [4.78, 5) is 24.8. The van der Waals surface area contributed by atoms with Crippen molar-refractivity contribution in [3.05, 3.63) is 5.82 Å². The van der Waals surface area contributed by atoms with Crippen LogP contribution in [0.4, 0.5) is 5.95 Å². The molecule has 1 amide bonds. The second kappa shape index (κ2) is 4.21. The number of nitrogens with one attached hydrogen (secondary N) is 2. The Balaban J connectivity index is 2.39. The van der Waals surface area contributed by atoms with Gasteiger partial charge in [-0.05, 0) is 0 Å². The number of nitrogens with two attached hydrogens (primary N) is 1. The topological polar surface area (TPSA) is 134 Å². The van der Waals surface area contributed by atoms with Gasteiger partial charge in [0, 0.05) is 6.54 Å². The number of nitrogen functional groups attached to an aromatic ring is 1. The molecule has 14 heavy (non-hydrogen) atoms. The van der Waals surface area contributed by atoms with Crippen LogP contribution in [-0.2, 0) is 4.79 Å². The first-order valence-electron chi connectivity index (χ1n) is 3.77. The molecule has 1 aromatic heterocycles. The molecule has 0 fully saturated rings. The van der Waals surface area contributed by atoms with E-state index in [0.29, 0.717) is 0 Å². The molecule has 1 rings (SSSR count). The van der Waals surface area contributed by atoms with E-state index in [0.717, 1.165) is 0 Å². The van der Waals surface area contributed by atoms with Gasteiger partial charge in [-0.2, -0.15) is 4.98 Å². The zero-order chi connectivity index (χ0) is 10.6. The molecule has 0 radical (unpaired) electrons. The standard InChI is InChI=1S/C6H9N5O3/c7-6-9-4(10-11-6)5(14)8-2-1-3(12)13/h1-2H2,(H,8,14)(H,12,13)(H3,7,9,10,11). The SMILES string of the molecule is Nc1n[nH]c(C(=O)NCCC(=O)O)n1. The Morgan fingerprint density at radius 2 is 2.29 bits per heavy atom. The molecule has 0 atom stereocenters. The van der Waals surface area contributed by atoms with Gasteiger partial charge in [0.1, 0.15) is 0 Å². The minimum atomic E-state index is -0.984. The van der Waals surface area contributed by atoms with Crippen molar-refractivity contribution in [2.24, 2.45) is 0 Å². The number of nitrogens with zero attached hydrogens (tertiary/aromatic N) is 2. The lowest BCUT2D eigenvalue weighted by Gasteiger charge is -1.98. The number of rotatable bonds is 4. The first-order chi connectivity index (χ1) is 6.59. The second-order valence-electron chi connectivity index (χ2n) is 2.44. The van der Waals surface area contributed by atoms with Crippen LogP contribution in [0, 0.1) is 0 Å². The van der Waals surface area contributed by atoms with Crippen LogP contribution in [0.2, 0.25) is 0 Å². The van der Waals surface area contributed by atoms with E-state index in [1.165, 1.54) is 0 Å². The van der Waals surface area contributed by atoms with E-state index in [2.05, 4.69) is 20.5 Å². The zero-order valence-corrected chi connectivity index (χ0v) is 7.15. The van der Waals surface area contributed by atoms with Crippen LogP contribution >= 0.6 is 0 Å². The number of aliphatic carboxylic acids is 1. The molecule has 8 heteroatoms. The molecule has 0 aromatic carbocycles. The molecule has 0 aliphatic rings. The maximum atomic E-state index is 11.1. The van der Waals surface area contributed by atoms with Crippen LogP contribution in [0.1, 0.15) is 17.0 Å². The summed E-state index contributed by atoms with van der Waals surface area (Å²) in [6, 6.07) is 0. The minimum absolute atomic E-state index is 0.0339. The highest BCUT2D eigenvalue weighted by Crippen LogP contribution is 1.92. The van der Waals surface area contributed by atoms with Crippen molar-refractivity contribution in [1.29, 1.82) is 0 Å². The highest BCUT2D eigenvalue weighted by molar-refractivity contribution is 5.90.